The normalized spacial score (nSPS) is 10.9. The van der Waals surface area contributed by atoms with Crippen LogP contribution < -0.4 is 15.6 Å². The van der Waals surface area contributed by atoms with E-state index in [0.717, 1.165) is 28.1 Å². The first-order valence-corrected chi connectivity index (χ1v) is 12.5. The summed E-state index contributed by atoms with van der Waals surface area (Å²) < 4.78 is 0. The molecule has 1 aromatic heterocycles. The Morgan fingerprint density at radius 3 is 2.35 bits per heavy atom. The number of hydrazone groups is 1. The topological polar surface area (TPSA) is 86.7 Å². The molecular weight excluding hydrogens is 493 g/mol. The van der Waals surface area contributed by atoms with Gasteiger partial charge in [-0.3, -0.25) is 9.59 Å². The van der Waals surface area contributed by atoms with Crippen molar-refractivity contribution < 1.29 is 9.59 Å². The third kappa shape index (κ3) is 7.83. The summed E-state index contributed by atoms with van der Waals surface area (Å²) in [5.74, 6) is 0.0448. The van der Waals surface area contributed by atoms with Gasteiger partial charge in [-0.2, -0.15) is 5.10 Å². The Hall–Kier alpha value is -2.94. The number of amides is 2. The zero-order chi connectivity index (χ0) is 24.3. The van der Waals surface area contributed by atoms with E-state index < -0.39 is 11.8 Å². The summed E-state index contributed by atoms with van der Waals surface area (Å²) in [5, 5.41) is 8.88. The molecule has 3 aromatic rings. The quantitative estimate of drug-likeness (QED) is 0.164. The maximum atomic E-state index is 12.2. The van der Waals surface area contributed by atoms with Gasteiger partial charge in [0.2, 0.25) is 11.8 Å². The van der Waals surface area contributed by atoms with Crippen LogP contribution >= 0.6 is 34.5 Å². The lowest BCUT2D eigenvalue weighted by Crippen LogP contribution is -2.27. The van der Waals surface area contributed by atoms with E-state index >= 15 is 0 Å². The van der Waals surface area contributed by atoms with Gasteiger partial charge in [0.25, 0.3) is 0 Å². The minimum atomic E-state index is -0.518. The van der Waals surface area contributed by atoms with Crippen LogP contribution in [0.2, 0.25) is 0 Å². The van der Waals surface area contributed by atoms with Crippen LogP contribution in [0.3, 0.4) is 0 Å². The van der Waals surface area contributed by atoms with Gasteiger partial charge in [0.05, 0.1) is 11.9 Å². The molecule has 0 aliphatic rings. The van der Waals surface area contributed by atoms with Crippen molar-refractivity contribution in [2.45, 2.75) is 13.3 Å². The van der Waals surface area contributed by atoms with E-state index in [9.17, 15) is 9.59 Å². The lowest BCUT2D eigenvalue weighted by atomic mass is 10.1. The molecule has 3 rings (SSSR count). The second-order valence-electron chi connectivity index (χ2n) is 7.38. The zero-order valence-corrected chi connectivity index (χ0v) is 21.0. The first kappa shape index (κ1) is 25.7. The van der Waals surface area contributed by atoms with Crippen molar-refractivity contribution in [3.63, 3.8) is 0 Å². The lowest BCUT2D eigenvalue weighted by Gasteiger charge is -2.22. The Morgan fingerprint density at radius 1 is 1.03 bits per heavy atom. The Kier molecular flexibility index (Phi) is 9.88. The summed E-state index contributed by atoms with van der Waals surface area (Å²) in [6, 6.07) is 15.6. The molecule has 0 fully saturated rings. The van der Waals surface area contributed by atoms with E-state index in [0.29, 0.717) is 30.0 Å². The van der Waals surface area contributed by atoms with Crippen LogP contribution in [0.15, 0.2) is 59.0 Å². The predicted molar refractivity (Wildman–Crippen MR) is 141 cm³/mol. The van der Waals surface area contributed by atoms with Gasteiger partial charge in [-0.1, -0.05) is 42.0 Å². The number of thiazole rings is 1. The first-order chi connectivity index (χ1) is 16.5. The molecule has 2 aromatic carbocycles. The number of carbonyl (C=O) groups is 2. The van der Waals surface area contributed by atoms with Crippen molar-refractivity contribution in [3.8, 4) is 11.3 Å². The van der Waals surface area contributed by atoms with Crippen LogP contribution in [0, 0.1) is 6.92 Å². The van der Waals surface area contributed by atoms with E-state index in [2.05, 4.69) is 25.7 Å². The highest BCUT2D eigenvalue weighted by Gasteiger charge is 2.12. The Labute approximate surface area is 212 Å². The van der Waals surface area contributed by atoms with Gasteiger partial charge in [0, 0.05) is 41.5 Å². The third-order valence-electron chi connectivity index (χ3n) is 4.79. The number of hydrogen-bond acceptors (Lipinski definition) is 6. The molecule has 0 saturated heterocycles. The number of aromatic nitrogens is 1. The van der Waals surface area contributed by atoms with Crippen LogP contribution in [0.5, 0.6) is 0 Å². The highest BCUT2D eigenvalue weighted by Crippen LogP contribution is 2.25. The SMILES string of the molecule is Cc1ccc(-c2csc(NC(=O)CC(=O)NN=Cc3ccc(N(CCCl)CCCl)cc3)n2)cc1. The summed E-state index contributed by atoms with van der Waals surface area (Å²) in [6.45, 7) is 3.42. The molecule has 7 nitrogen and oxygen atoms in total. The van der Waals surface area contributed by atoms with Crippen LogP contribution in [-0.2, 0) is 9.59 Å². The minimum Gasteiger partial charge on any atom is -0.369 e. The maximum Gasteiger partial charge on any atom is 0.249 e. The average molecular weight is 518 g/mol. The number of nitrogens with one attached hydrogen (secondary N) is 2. The van der Waals surface area contributed by atoms with E-state index in [1.54, 1.807) is 0 Å². The number of anilines is 2. The molecule has 178 valence electrons. The average Bonchev–Trinajstić information content (AvgIpc) is 3.28. The van der Waals surface area contributed by atoms with Gasteiger partial charge < -0.3 is 10.2 Å². The molecular formula is C24H25Cl2N5O2S. The molecule has 34 heavy (non-hydrogen) atoms. The molecule has 0 aliphatic heterocycles. The fourth-order valence-corrected chi connectivity index (χ4v) is 4.20. The van der Waals surface area contributed by atoms with Gasteiger partial charge in [-0.15, -0.1) is 34.5 Å². The van der Waals surface area contributed by atoms with E-state index in [1.165, 1.54) is 17.6 Å². The first-order valence-electron chi connectivity index (χ1n) is 10.6. The number of alkyl halides is 2. The van der Waals surface area contributed by atoms with Crippen LogP contribution in [-0.4, -0.2) is 47.9 Å². The molecule has 2 N–H and O–H groups in total. The van der Waals surface area contributed by atoms with Gasteiger partial charge in [0.15, 0.2) is 5.13 Å². The highest BCUT2D eigenvalue weighted by molar-refractivity contribution is 7.14. The smallest absolute Gasteiger partial charge is 0.249 e. The number of halogens is 2. The number of nitrogens with zero attached hydrogens (tertiary/aromatic N) is 3. The molecule has 0 saturated carbocycles. The molecule has 0 aliphatic carbocycles. The van der Waals surface area contributed by atoms with Crippen molar-refractivity contribution >= 4 is 63.4 Å². The Bertz CT molecular complexity index is 1110. The van der Waals surface area contributed by atoms with Gasteiger partial charge in [-0.25, -0.2) is 10.4 Å². The number of rotatable bonds is 11. The molecule has 0 unspecified atom stereocenters. The molecule has 10 heteroatoms. The van der Waals surface area contributed by atoms with Gasteiger partial charge in [0.1, 0.15) is 6.42 Å². The summed E-state index contributed by atoms with van der Waals surface area (Å²) >= 11 is 13.0. The summed E-state index contributed by atoms with van der Waals surface area (Å²) in [5.41, 5.74) is 7.08. The van der Waals surface area contributed by atoms with Gasteiger partial charge in [-0.05, 0) is 24.6 Å². The van der Waals surface area contributed by atoms with E-state index in [1.807, 2.05) is 60.8 Å². The number of aryl methyl sites for hydroxylation is 1. The second-order valence-corrected chi connectivity index (χ2v) is 8.99. The largest absolute Gasteiger partial charge is 0.369 e. The summed E-state index contributed by atoms with van der Waals surface area (Å²) in [7, 11) is 0. The van der Waals surface area contributed by atoms with Crippen LogP contribution in [0.25, 0.3) is 11.3 Å². The zero-order valence-electron chi connectivity index (χ0n) is 18.6. The van der Waals surface area contributed by atoms with E-state index in [4.69, 9.17) is 23.2 Å². The summed E-state index contributed by atoms with van der Waals surface area (Å²) in [6.07, 6.45) is 1.16. The van der Waals surface area contributed by atoms with Crippen molar-refractivity contribution in [2.75, 3.05) is 35.1 Å². The molecule has 2 amide bonds. The predicted octanol–water partition coefficient (Wildman–Crippen LogP) is 4.88. The fourth-order valence-electron chi connectivity index (χ4n) is 3.06. The molecule has 1 heterocycles. The van der Waals surface area contributed by atoms with Gasteiger partial charge >= 0.3 is 0 Å². The maximum absolute atomic E-state index is 12.2. The monoisotopic (exact) mass is 517 g/mol. The third-order valence-corrected chi connectivity index (χ3v) is 5.88. The molecule has 0 atom stereocenters. The van der Waals surface area contributed by atoms with Crippen molar-refractivity contribution in [1.82, 2.24) is 10.4 Å². The van der Waals surface area contributed by atoms with Crippen molar-refractivity contribution in [1.29, 1.82) is 0 Å². The Morgan fingerprint density at radius 2 is 1.71 bits per heavy atom. The van der Waals surface area contributed by atoms with E-state index in [-0.39, 0.29) is 6.42 Å². The number of carbonyl (C=O) groups excluding carboxylic acids is 2. The van der Waals surface area contributed by atoms with Crippen molar-refractivity contribution in [3.05, 3.63) is 65.0 Å². The molecule has 0 spiro atoms. The fraction of sp³-hybridized carbons (Fsp3) is 0.250. The standard InChI is InChI=1S/C24H25Cl2N5O2S/c1-17-2-6-19(7-3-17)21-16-34-24(28-21)29-22(32)14-23(33)30-27-15-18-4-8-20(9-5-18)31(12-10-25)13-11-26/h2-9,15-16H,10-14H2,1H3,(H,30,33)(H,28,29,32). The van der Waals surface area contributed by atoms with Crippen molar-refractivity contribution in [2.24, 2.45) is 5.10 Å². The second kappa shape index (κ2) is 13.1. The highest BCUT2D eigenvalue weighted by atomic mass is 35.5. The summed E-state index contributed by atoms with van der Waals surface area (Å²) in [4.78, 5) is 30.7. The van der Waals surface area contributed by atoms with Crippen LogP contribution in [0.1, 0.15) is 17.5 Å². The number of hydrogen-bond donors (Lipinski definition) is 2. The molecule has 0 bridgehead atoms. The molecule has 0 radical (unpaired) electrons. The lowest BCUT2D eigenvalue weighted by molar-refractivity contribution is -0.126. The minimum absolute atomic E-state index is 0.360. The Balaban J connectivity index is 1.46. The van der Waals surface area contributed by atoms with Crippen LogP contribution in [0.4, 0.5) is 10.8 Å². The number of benzene rings is 2.